The molecule has 0 radical (unpaired) electrons. The van der Waals surface area contributed by atoms with Gasteiger partial charge in [-0.25, -0.2) is 4.79 Å². The van der Waals surface area contributed by atoms with E-state index in [9.17, 15) is 4.79 Å². The summed E-state index contributed by atoms with van der Waals surface area (Å²) in [5.74, 6) is 0. The van der Waals surface area contributed by atoms with Gasteiger partial charge in [-0.15, -0.1) is 0 Å². The first-order valence-electron chi connectivity index (χ1n) is 7.13. The smallest absolute Gasteiger partial charge is 0.408 e. The first-order valence-corrected chi connectivity index (χ1v) is 7.92. The summed E-state index contributed by atoms with van der Waals surface area (Å²) in [6.07, 6.45) is 3.99. The van der Waals surface area contributed by atoms with Crippen molar-refractivity contribution in [3.05, 3.63) is 33.8 Å². The van der Waals surface area contributed by atoms with E-state index in [1.165, 1.54) is 17.5 Å². The maximum atomic E-state index is 12.0. The van der Waals surface area contributed by atoms with E-state index in [2.05, 4.69) is 39.4 Å². The van der Waals surface area contributed by atoms with Crippen molar-refractivity contribution < 1.29 is 9.53 Å². The minimum absolute atomic E-state index is 0.0415. The standard InChI is InChI=1S/C16H22BrNO2/c1-16(2,3)20-15(19)18-14-7-5-4-6-11-8-9-12(17)10-13(11)14/h8-10,14H,4-7H2,1-3H3,(H,18,19). The molecule has 0 fully saturated rings. The zero-order chi connectivity index (χ0) is 14.8. The predicted molar refractivity (Wildman–Crippen MR) is 83.8 cm³/mol. The summed E-state index contributed by atoms with van der Waals surface area (Å²) < 4.78 is 6.41. The fourth-order valence-electron chi connectivity index (χ4n) is 2.54. The molecular weight excluding hydrogens is 318 g/mol. The van der Waals surface area contributed by atoms with Crippen LogP contribution in [0.4, 0.5) is 4.79 Å². The summed E-state index contributed by atoms with van der Waals surface area (Å²) in [6, 6.07) is 6.37. The van der Waals surface area contributed by atoms with Crippen molar-refractivity contribution in [2.24, 2.45) is 0 Å². The molecule has 1 aliphatic rings. The molecule has 1 unspecified atom stereocenters. The molecule has 0 saturated heterocycles. The first-order chi connectivity index (χ1) is 9.35. The highest BCUT2D eigenvalue weighted by Crippen LogP contribution is 2.31. The molecule has 1 aromatic carbocycles. The normalized spacial score (nSPS) is 18.9. The number of nitrogens with one attached hydrogen (secondary N) is 1. The van der Waals surface area contributed by atoms with Gasteiger partial charge in [0.1, 0.15) is 5.60 Å². The Balaban J connectivity index is 2.16. The fourth-order valence-corrected chi connectivity index (χ4v) is 2.92. The van der Waals surface area contributed by atoms with E-state index >= 15 is 0 Å². The van der Waals surface area contributed by atoms with Gasteiger partial charge in [0.05, 0.1) is 6.04 Å². The van der Waals surface area contributed by atoms with Crippen molar-refractivity contribution in [3.63, 3.8) is 0 Å². The predicted octanol–water partition coefficient (Wildman–Crippen LogP) is 4.74. The highest BCUT2D eigenvalue weighted by molar-refractivity contribution is 9.10. The number of ether oxygens (including phenoxy) is 1. The van der Waals surface area contributed by atoms with E-state index < -0.39 is 5.60 Å². The Morgan fingerprint density at radius 3 is 2.80 bits per heavy atom. The third-order valence-electron chi connectivity index (χ3n) is 3.36. The fraction of sp³-hybridized carbons (Fsp3) is 0.562. The molecule has 1 aliphatic carbocycles. The zero-order valence-electron chi connectivity index (χ0n) is 12.3. The number of amides is 1. The highest BCUT2D eigenvalue weighted by atomic mass is 79.9. The van der Waals surface area contributed by atoms with Crippen molar-refractivity contribution in [2.75, 3.05) is 0 Å². The summed E-state index contributed by atoms with van der Waals surface area (Å²) in [7, 11) is 0. The number of carbonyl (C=O) groups is 1. The zero-order valence-corrected chi connectivity index (χ0v) is 13.9. The van der Waals surface area contributed by atoms with Crippen LogP contribution in [-0.2, 0) is 11.2 Å². The number of fused-ring (bicyclic) bond motifs is 1. The van der Waals surface area contributed by atoms with Crippen molar-refractivity contribution >= 4 is 22.0 Å². The van der Waals surface area contributed by atoms with E-state index in [1.54, 1.807) is 0 Å². The topological polar surface area (TPSA) is 38.3 Å². The average molecular weight is 340 g/mol. The second-order valence-corrected chi connectivity index (χ2v) is 7.20. The average Bonchev–Trinajstić information content (AvgIpc) is 2.49. The van der Waals surface area contributed by atoms with Gasteiger partial charge in [0.2, 0.25) is 0 Å². The van der Waals surface area contributed by atoms with Crippen LogP contribution in [-0.4, -0.2) is 11.7 Å². The van der Waals surface area contributed by atoms with E-state index in [-0.39, 0.29) is 12.1 Å². The Bertz CT molecular complexity index is 494. The molecule has 0 saturated carbocycles. The molecule has 1 amide bonds. The number of halogens is 1. The van der Waals surface area contributed by atoms with Crippen molar-refractivity contribution in [1.82, 2.24) is 5.32 Å². The Morgan fingerprint density at radius 1 is 1.35 bits per heavy atom. The van der Waals surface area contributed by atoms with Gasteiger partial charge in [-0.1, -0.05) is 28.4 Å². The summed E-state index contributed by atoms with van der Waals surface area (Å²) in [6.45, 7) is 5.64. The van der Waals surface area contributed by atoms with Crippen LogP contribution in [0.2, 0.25) is 0 Å². The van der Waals surface area contributed by atoms with Crippen LogP contribution < -0.4 is 5.32 Å². The Kier molecular flexibility index (Phi) is 4.74. The molecule has 0 bridgehead atoms. The van der Waals surface area contributed by atoms with Gasteiger partial charge >= 0.3 is 6.09 Å². The van der Waals surface area contributed by atoms with Crippen molar-refractivity contribution in [3.8, 4) is 0 Å². The number of hydrogen-bond acceptors (Lipinski definition) is 2. The molecule has 1 aromatic rings. The number of rotatable bonds is 1. The van der Waals surface area contributed by atoms with Crippen LogP contribution in [0.15, 0.2) is 22.7 Å². The number of hydrogen-bond donors (Lipinski definition) is 1. The summed E-state index contributed by atoms with van der Waals surface area (Å²) in [4.78, 5) is 12.0. The SMILES string of the molecule is CC(C)(C)OC(=O)NC1CCCCc2ccc(Br)cc21. The first kappa shape index (κ1) is 15.4. The van der Waals surface area contributed by atoms with Gasteiger partial charge in [-0.2, -0.15) is 0 Å². The third-order valence-corrected chi connectivity index (χ3v) is 3.86. The van der Waals surface area contributed by atoms with Crippen LogP contribution in [0.5, 0.6) is 0 Å². The van der Waals surface area contributed by atoms with Crippen molar-refractivity contribution in [2.45, 2.75) is 58.1 Å². The number of benzene rings is 1. The van der Waals surface area contributed by atoms with Crippen LogP contribution >= 0.6 is 15.9 Å². The lowest BCUT2D eigenvalue weighted by Gasteiger charge is -2.24. The summed E-state index contributed by atoms with van der Waals surface area (Å²) in [5, 5.41) is 3.02. The molecule has 3 nitrogen and oxygen atoms in total. The molecule has 2 rings (SSSR count). The van der Waals surface area contributed by atoms with Crippen LogP contribution in [0.25, 0.3) is 0 Å². The van der Waals surface area contributed by atoms with E-state index in [0.717, 1.165) is 23.7 Å². The second kappa shape index (κ2) is 6.17. The maximum Gasteiger partial charge on any atom is 0.408 e. The van der Waals surface area contributed by atoms with Gasteiger partial charge < -0.3 is 10.1 Å². The largest absolute Gasteiger partial charge is 0.444 e. The minimum atomic E-state index is -0.463. The molecular formula is C16H22BrNO2. The lowest BCUT2D eigenvalue weighted by Crippen LogP contribution is -2.35. The van der Waals surface area contributed by atoms with E-state index in [1.807, 2.05) is 20.8 Å². The van der Waals surface area contributed by atoms with Gasteiger partial charge in [0.15, 0.2) is 0 Å². The molecule has 0 spiro atoms. The molecule has 1 atom stereocenters. The van der Waals surface area contributed by atoms with E-state index in [0.29, 0.717) is 0 Å². The molecule has 0 heterocycles. The Hall–Kier alpha value is -1.03. The van der Waals surface area contributed by atoms with Crippen LogP contribution in [0.3, 0.4) is 0 Å². The second-order valence-electron chi connectivity index (χ2n) is 6.29. The third kappa shape index (κ3) is 4.23. The van der Waals surface area contributed by atoms with Crippen molar-refractivity contribution in [1.29, 1.82) is 0 Å². The summed E-state index contributed by atoms with van der Waals surface area (Å²) in [5.41, 5.74) is 2.07. The quantitative estimate of drug-likeness (QED) is 0.750. The number of carbonyl (C=O) groups excluding carboxylic acids is 1. The molecule has 4 heteroatoms. The lowest BCUT2D eigenvalue weighted by atomic mass is 9.99. The molecule has 20 heavy (non-hydrogen) atoms. The molecule has 0 aliphatic heterocycles. The molecule has 0 aromatic heterocycles. The highest BCUT2D eigenvalue weighted by Gasteiger charge is 2.23. The van der Waals surface area contributed by atoms with Gasteiger partial charge in [0.25, 0.3) is 0 Å². The molecule has 1 N–H and O–H groups in total. The molecule has 110 valence electrons. The van der Waals surface area contributed by atoms with Crippen LogP contribution in [0.1, 0.15) is 57.2 Å². The van der Waals surface area contributed by atoms with Gasteiger partial charge in [-0.3, -0.25) is 0 Å². The van der Waals surface area contributed by atoms with Crippen LogP contribution in [0, 0.1) is 0 Å². The monoisotopic (exact) mass is 339 g/mol. The lowest BCUT2D eigenvalue weighted by molar-refractivity contribution is 0.0501. The van der Waals surface area contributed by atoms with Gasteiger partial charge in [0, 0.05) is 4.47 Å². The Morgan fingerprint density at radius 2 is 2.10 bits per heavy atom. The summed E-state index contributed by atoms with van der Waals surface area (Å²) >= 11 is 3.51. The number of alkyl carbamates (subject to hydrolysis) is 1. The maximum absolute atomic E-state index is 12.0. The minimum Gasteiger partial charge on any atom is -0.444 e. The van der Waals surface area contributed by atoms with Gasteiger partial charge in [-0.05, 0) is 63.3 Å². The number of aryl methyl sites for hydroxylation is 1. The Labute approximate surface area is 129 Å². The van der Waals surface area contributed by atoms with E-state index in [4.69, 9.17) is 4.74 Å².